The first kappa shape index (κ1) is 21.5. The van der Waals surface area contributed by atoms with Crippen molar-refractivity contribution in [2.45, 2.75) is 45.4 Å². The van der Waals surface area contributed by atoms with Gasteiger partial charge < -0.3 is 16.4 Å². The smallest absolute Gasteiger partial charge is 0.251 e. The van der Waals surface area contributed by atoms with Gasteiger partial charge in [0.1, 0.15) is 0 Å². The molecule has 1 fully saturated rings. The van der Waals surface area contributed by atoms with E-state index in [4.69, 9.17) is 5.73 Å². The number of nitrogens with two attached hydrogens (primary N) is 1. The van der Waals surface area contributed by atoms with Crippen molar-refractivity contribution >= 4 is 24.2 Å². The Morgan fingerprint density at radius 3 is 2.24 bits per heavy atom. The van der Waals surface area contributed by atoms with Crippen LogP contribution >= 0.6 is 12.4 Å². The third-order valence-corrected chi connectivity index (χ3v) is 4.93. The quantitative estimate of drug-likeness (QED) is 0.647. The molecule has 2 rings (SSSR count). The van der Waals surface area contributed by atoms with Gasteiger partial charge in [-0.3, -0.25) is 9.59 Å². The van der Waals surface area contributed by atoms with E-state index in [9.17, 15) is 9.59 Å². The molecule has 2 amide bonds. The molecule has 1 aliphatic rings. The lowest BCUT2D eigenvalue weighted by Crippen LogP contribution is -2.40. The van der Waals surface area contributed by atoms with Crippen LogP contribution in [0.25, 0.3) is 0 Å². The molecular formula is C19H30ClN3O2. The summed E-state index contributed by atoms with van der Waals surface area (Å²) in [6.45, 7) is 3.42. The summed E-state index contributed by atoms with van der Waals surface area (Å²) in [5, 5.41) is 5.72. The van der Waals surface area contributed by atoms with Gasteiger partial charge in [-0.05, 0) is 43.9 Å². The molecule has 1 aromatic carbocycles. The van der Waals surface area contributed by atoms with Crippen LogP contribution in [0.4, 0.5) is 0 Å². The molecule has 0 aliphatic heterocycles. The molecule has 0 unspecified atom stereocenters. The molecule has 0 radical (unpaired) electrons. The van der Waals surface area contributed by atoms with Crippen molar-refractivity contribution in [2.75, 3.05) is 19.6 Å². The van der Waals surface area contributed by atoms with Crippen LogP contribution < -0.4 is 16.4 Å². The Bertz CT molecular complexity index is 554. The van der Waals surface area contributed by atoms with E-state index in [1.807, 2.05) is 19.1 Å². The number of benzene rings is 1. The second-order valence-corrected chi connectivity index (χ2v) is 6.91. The first-order chi connectivity index (χ1) is 11.5. The highest BCUT2D eigenvalue weighted by Crippen LogP contribution is 2.38. The first-order valence-electron chi connectivity index (χ1n) is 8.86. The molecule has 0 atom stereocenters. The first-order valence-corrected chi connectivity index (χ1v) is 8.86. The Morgan fingerprint density at radius 2 is 1.64 bits per heavy atom. The maximum atomic E-state index is 12.1. The lowest BCUT2D eigenvalue weighted by atomic mass is 9.71. The number of aryl methyl sites for hydroxylation is 1. The number of hydrogen-bond acceptors (Lipinski definition) is 3. The molecular weight excluding hydrogens is 338 g/mol. The van der Waals surface area contributed by atoms with Gasteiger partial charge in [-0.2, -0.15) is 0 Å². The topological polar surface area (TPSA) is 84.2 Å². The summed E-state index contributed by atoms with van der Waals surface area (Å²) < 4.78 is 0. The highest BCUT2D eigenvalue weighted by molar-refractivity contribution is 5.94. The molecule has 0 aromatic heterocycles. The minimum Gasteiger partial charge on any atom is -0.354 e. The highest BCUT2D eigenvalue weighted by atomic mass is 35.5. The van der Waals surface area contributed by atoms with Gasteiger partial charge in [-0.1, -0.05) is 37.0 Å². The van der Waals surface area contributed by atoms with E-state index in [1.165, 1.54) is 6.42 Å². The molecule has 0 spiro atoms. The van der Waals surface area contributed by atoms with Gasteiger partial charge in [0.15, 0.2) is 0 Å². The Balaban J connectivity index is 0.00000312. The summed E-state index contributed by atoms with van der Waals surface area (Å²) >= 11 is 0. The second-order valence-electron chi connectivity index (χ2n) is 6.91. The average molecular weight is 368 g/mol. The van der Waals surface area contributed by atoms with Gasteiger partial charge in [0, 0.05) is 25.1 Å². The van der Waals surface area contributed by atoms with E-state index in [0.29, 0.717) is 31.6 Å². The molecule has 4 N–H and O–H groups in total. The number of amides is 2. The summed E-state index contributed by atoms with van der Waals surface area (Å²) in [6.07, 6.45) is 6.15. The zero-order valence-corrected chi connectivity index (χ0v) is 15.8. The lowest BCUT2D eigenvalue weighted by Gasteiger charge is -2.35. The van der Waals surface area contributed by atoms with E-state index in [0.717, 1.165) is 31.2 Å². The summed E-state index contributed by atoms with van der Waals surface area (Å²) in [4.78, 5) is 24.1. The minimum absolute atomic E-state index is 0. The predicted molar refractivity (Wildman–Crippen MR) is 103 cm³/mol. The van der Waals surface area contributed by atoms with Gasteiger partial charge in [0.05, 0.1) is 0 Å². The number of hydrogen-bond donors (Lipinski definition) is 3. The van der Waals surface area contributed by atoms with Crippen molar-refractivity contribution in [1.82, 2.24) is 10.6 Å². The fraction of sp³-hybridized carbons (Fsp3) is 0.579. The van der Waals surface area contributed by atoms with Crippen LogP contribution in [0.3, 0.4) is 0 Å². The van der Waals surface area contributed by atoms with Gasteiger partial charge >= 0.3 is 0 Å². The van der Waals surface area contributed by atoms with E-state index in [2.05, 4.69) is 10.6 Å². The lowest BCUT2D eigenvalue weighted by molar-refractivity contribution is -0.123. The van der Waals surface area contributed by atoms with Gasteiger partial charge in [0.2, 0.25) is 5.91 Å². The third kappa shape index (κ3) is 6.67. The monoisotopic (exact) mass is 367 g/mol. The Kier molecular flexibility index (Phi) is 8.93. The third-order valence-electron chi connectivity index (χ3n) is 4.93. The summed E-state index contributed by atoms with van der Waals surface area (Å²) in [6, 6.07) is 7.43. The van der Waals surface area contributed by atoms with Crippen molar-refractivity contribution in [1.29, 1.82) is 0 Å². The van der Waals surface area contributed by atoms with Gasteiger partial charge in [0.25, 0.3) is 5.91 Å². The number of nitrogens with one attached hydrogen (secondary N) is 2. The van der Waals surface area contributed by atoms with Crippen molar-refractivity contribution in [3.63, 3.8) is 0 Å². The van der Waals surface area contributed by atoms with Gasteiger partial charge in [-0.15, -0.1) is 12.4 Å². The number of carbonyl (C=O) groups is 2. The average Bonchev–Trinajstić information content (AvgIpc) is 2.60. The van der Waals surface area contributed by atoms with E-state index in [-0.39, 0.29) is 29.6 Å². The van der Waals surface area contributed by atoms with E-state index < -0.39 is 0 Å². The largest absolute Gasteiger partial charge is 0.354 e. The summed E-state index contributed by atoms with van der Waals surface area (Å²) in [5.41, 5.74) is 7.65. The molecule has 5 nitrogen and oxygen atoms in total. The molecule has 1 aromatic rings. The van der Waals surface area contributed by atoms with E-state index in [1.54, 1.807) is 12.1 Å². The van der Waals surface area contributed by atoms with E-state index >= 15 is 0 Å². The van der Waals surface area contributed by atoms with Crippen molar-refractivity contribution in [3.8, 4) is 0 Å². The second kappa shape index (κ2) is 10.4. The summed E-state index contributed by atoms with van der Waals surface area (Å²) in [5.74, 6) is -0.0816. The maximum absolute atomic E-state index is 12.1. The molecule has 0 saturated heterocycles. The molecule has 25 heavy (non-hydrogen) atoms. The van der Waals surface area contributed by atoms with Crippen molar-refractivity contribution in [2.24, 2.45) is 11.1 Å². The minimum atomic E-state index is -0.116. The van der Waals surface area contributed by atoms with Crippen LogP contribution in [-0.2, 0) is 4.79 Å². The molecule has 6 heteroatoms. The predicted octanol–water partition coefficient (Wildman–Crippen LogP) is 2.56. The Hall–Kier alpha value is -1.59. The van der Waals surface area contributed by atoms with Crippen molar-refractivity contribution < 1.29 is 9.59 Å². The highest BCUT2D eigenvalue weighted by Gasteiger charge is 2.32. The van der Waals surface area contributed by atoms with Crippen LogP contribution in [0.15, 0.2) is 24.3 Å². The van der Waals surface area contributed by atoms with Crippen LogP contribution in [-0.4, -0.2) is 31.4 Å². The molecule has 0 bridgehead atoms. The van der Waals surface area contributed by atoms with Crippen molar-refractivity contribution in [3.05, 3.63) is 35.4 Å². The molecule has 1 saturated carbocycles. The normalized spacial score (nSPS) is 15.8. The number of carbonyl (C=O) groups excluding carboxylic acids is 2. The molecule has 140 valence electrons. The standard InChI is InChI=1S/C19H29N3O2.ClH/c1-15-5-7-16(8-6-15)18(24)22-12-11-21-17(23)13-19(14-20)9-3-2-4-10-19;/h5-8H,2-4,9-14,20H2,1H3,(H,21,23)(H,22,24);1H. The van der Waals surface area contributed by atoms with Crippen LogP contribution in [0.1, 0.15) is 54.4 Å². The zero-order chi connectivity index (χ0) is 17.4. The summed E-state index contributed by atoms with van der Waals surface area (Å²) in [7, 11) is 0. The number of halogens is 1. The SMILES string of the molecule is Cc1ccc(C(=O)NCCNC(=O)CC2(CN)CCCCC2)cc1.Cl. The molecule has 0 heterocycles. The Morgan fingerprint density at radius 1 is 1.04 bits per heavy atom. The van der Waals surface area contributed by atoms with Crippen LogP contribution in [0.2, 0.25) is 0 Å². The van der Waals surface area contributed by atoms with Gasteiger partial charge in [-0.25, -0.2) is 0 Å². The van der Waals surface area contributed by atoms with Crippen LogP contribution in [0.5, 0.6) is 0 Å². The maximum Gasteiger partial charge on any atom is 0.251 e. The zero-order valence-electron chi connectivity index (χ0n) is 15.0. The fourth-order valence-corrected chi connectivity index (χ4v) is 3.34. The Labute approximate surface area is 156 Å². The fourth-order valence-electron chi connectivity index (χ4n) is 3.34. The number of rotatable bonds is 7. The molecule has 1 aliphatic carbocycles. The van der Waals surface area contributed by atoms with Crippen LogP contribution in [0, 0.1) is 12.3 Å².